The van der Waals surface area contributed by atoms with E-state index in [0.29, 0.717) is 5.65 Å². The third-order valence-corrected chi connectivity index (χ3v) is 1.80. The minimum absolute atomic E-state index is 0.123. The summed E-state index contributed by atoms with van der Waals surface area (Å²) >= 11 is 0. The summed E-state index contributed by atoms with van der Waals surface area (Å²) in [6, 6.07) is 1.42. The van der Waals surface area contributed by atoms with E-state index < -0.39 is 5.97 Å². The number of aryl methyl sites for hydroxylation is 1. The fourth-order valence-corrected chi connectivity index (χ4v) is 1.17. The van der Waals surface area contributed by atoms with Crippen molar-refractivity contribution in [2.24, 2.45) is 0 Å². The molecule has 2 aromatic heterocycles. The van der Waals surface area contributed by atoms with Crippen molar-refractivity contribution in [2.75, 3.05) is 0 Å². The van der Waals surface area contributed by atoms with Gasteiger partial charge in [-0.1, -0.05) is 0 Å². The summed E-state index contributed by atoms with van der Waals surface area (Å²) in [7, 11) is 0. The summed E-state index contributed by atoms with van der Waals surface area (Å²) in [4.78, 5) is 14.8. The van der Waals surface area contributed by atoms with Crippen LogP contribution in [0.3, 0.4) is 0 Å². The molecular weight excluding hydrogens is 170 g/mol. The van der Waals surface area contributed by atoms with Crippen LogP contribution < -0.4 is 0 Å². The molecule has 13 heavy (non-hydrogen) atoms. The summed E-state index contributed by atoms with van der Waals surface area (Å²) in [5.74, 6) is -1.00. The van der Waals surface area contributed by atoms with Gasteiger partial charge in [0.15, 0.2) is 11.3 Å². The Morgan fingerprint density at radius 3 is 3.08 bits per heavy atom. The van der Waals surface area contributed by atoms with E-state index in [1.165, 1.54) is 16.8 Å². The van der Waals surface area contributed by atoms with Crippen LogP contribution in [0, 0.1) is 6.92 Å². The topological polar surface area (TPSA) is 67.5 Å². The first-order chi connectivity index (χ1) is 6.20. The van der Waals surface area contributed by atoms with Crippen LogP contribution in [0.25, 0.3) is 5.65 Å². The summed E-state index contributed by atoms with van der Waals surface area (Å²) < 4.78 is 1.32. The molecule has 0 aliphatic heterocycles. The highest BCUT2D eigenvalue weighted by atomic mass is 16.4. The second-order valence-electron chi connectivity index (χ2n) is 2.70. The molecule has 0 aliphatic rings. The van der Waals surface area contributed by atoms with Crippen LogP contribution in [0.15, 0.2) is 18.5 Å². The first-order valence-corrected chi connectivity index (χ1v) is 3.73. The van der Waals surface area contributed by atoms with Gasteiger partial charge in [-0.3, -0.25) is 0 Å². The predicted octanol–water partition coefficient (Wildman–Crippen LogP) is 0.736. The Bertz CT molecular complexity index is 475. The maximum Gasteiger partial charge on any atom is 0.354 e. The smallest absolute Gasteiger partial charge is 0.354 e. The minimum atomic E-state index is -1.00. The molecule has 2 heterocycles. The van der Waals surface area contributed by atoms with Gasteiger partial charge in [0.1, 0.15) is 0 Å². The van der Waals surface area contributed by atoms with E-state index in [2.05, 4.69) is 10.1 Å². The molecule has 5 nitrogen and oxygen atoms in total. The number of fused-ring (bicyclic) bond motifs is 1. The van der Waals surface area contributed by atoms with E-state index in [9.17, 15) is 4.79 Å². The minimum Gasteiger partial charge on any atom is -0.477 e. The maximum absolute atomic E-state index is 10.7. The summed E-state index contributed by atoms with van der Waals surface area (Å²) in [5, 5.41) is 12.7. The van der Waals surface area contributed by atoms with Gasteiger partial charge in [0, 0.05) is 11.8 Å². The van der Waals surface area contributed by atoms with Gasteiger partial charge in [0.05, 0.1) is 6.20 Å². The number of hydrogen-bond donors (Lipinski definition) is 1. The lowest BCUT2D eigenvalue weighted by atomic mass is 10.3. The van der Waals surface area contributed by atoms with Crippen LogP contribution in [-0.2, 0) is 0 Å². The van der Waals surface area contributed by atoms with Crippen LogP contribution in [0.2, 0.25) is 0 Å². The zero-order chi connectivity index (χ0) is 9.42. The van der Waals surface area contributed by atoms with Crippen molar-refractivity contribution in [3.8, 4) is 0 Å². The van der Waals surface area contributed by atoms with Gasteiger partial charge in [-0.05, 0) is 13.0 Å². The van der Waals surface area contributed by atoms with Crippen molar-refractivity contribution < 1.29 is 9.90 Å². The standard InChI is InChI=1S/C8H7N3O2/c1-5-4-10-11-6(8(12)13)2-3-9-7(5)11/h2-4H,1H3,(H,12,13). The molecule has 0 spiro atoms. The number of hydrogen-bond acceptors (Lipinski definition) is 3. The van der Waals surface area contributed by atoms with E-state index in [1.54, 1.807) is 6.20 Å². The molecule has 0 aromatic carbocycles. The van der Waals surface area contributed by atoms with Gasteiger partial charge in [0.25, 0.3) is 0 Å². The molecule has 0 atom stereocenters. The van der Waals surface area contributed by atoms with Crippen LogP contribution in [0.4, 0.5) is 0 Å². The Kier molecular flexibility index (Phi) is 1.51. The zero-order valence-electron chi connectivity index (χ0n) is 6.93. The number of aromatic nitrogens is 3. The number of carboxylic acids is 1. The fourth-order valence-electron chi connectivity index (χ4n) is 1.17. The molecule has 0 bridgehead atoms. The molecule has 2 aromatic rings. The molecule has 0 saturated carbocycles. The third-order valence-electron chi connectivity index (χ3n) is 1.80. The number of aromatic carboxylic acids is 1. The number of rotatable bonds is 1. The van der Waals surface area contributed by atoms with Crippen molar-refractivity contribution in [1.82, 2.24) is 14.6 Å². The highest BCUT2D eigenvalue weighted by Crippen LogP contribution is 2.07. The van der Waals surface area contributed by atoms with Crippen molar-refractivity contribution >= 4 is 11.6 Å². The first-order valence-electron chi connectivity index (χ1n) is 3.73. The quantitative estimate of drug-likeness (QED) is 0.697. The van der Waals surface area contributed by atoms with Crippen LogP contribution in [-0.4, -0.2) is 25.7 Å². The lowest BCUT2D eigenvalue weighted by molar-refractivity contribution is 0.0687. The molecule has 2 rings (SSSR count). The third kappa shape index (κ3) is 1.05. The number of carboxylic acid groups (broad SMARTS) is 1. The van der Waals surface area contributed by atoms with Crippen molar-refractivity contribution in [1.29, 1.82) is 0 Å². The van der Waals surface area contributed by atoms with Gasteiger partial charge in [-0.2, -0.15) is 5.10 Å². The zero-order valence-corrected chi connectivity index (χ0v) is 6.93. The summed E-state index contributed by atoms with van der Waals surface area (Å²) in [6.07, 6.45) is 3.06. The molecule has 0 unspecified atom stereocenters. The average Bonchev–Trinajstić information content (AvgIpc) is 2.48. The van der Waals surface area contributed by atoms with Gasteiger partial charge < -0.3 is 5.11 Å². The van der Waals surface area contributed by atoms with Crippen LogP contribution >= 0.6 is 0 Å². The molecular formula is C8H7N3O2. The SMILES string of the molecule is Cc1cnn2c(C(=O)O)ccnc12. The fraction of sp³-hybridized carbons (Fsp3) is 0.125. The largest absolute Gasteiger partial charge is 0.477 e. The first kappa shape index (κ1) is 7.72. The average molecular weight is 177 g/mol. The molecule has 0 amide bonds. The van der Waals surface area contributed by atoms with E-state index in [4.69, 9.17) is 5.11 Å². The van der Waals surface area contributed by atoms with Gasteiger partial charge >= 0.3 is 5.97 Å². The Hall–Kier alpha value is -1.91. The molecule has 1 N–H and O–H groups in total. The van der Waals surface area contributed by atoms with Crippen LogP contribution in [0.1, 0.15) is 16.1 Å². The Morgan fingerprint density at radius 2 is 2.38 bits per heavy atom. The second kappa shape index (κ2) is 2.55. The monoisotopic (exact) mass is 177 g/mol. The van der Waals surface area contributed by atoms with Gasteiger partial charge in [-0.25, -0.2) is 14.3 Å². The van der Waals surface area contributed by atoms with E-state index in [-0.39, 0.29) is 5.69 Å². The Balaban J connectivity index is 2.84. The van der Waals surface area contributed by atoms with E-state index >= 15 is 0 Å². The molecule has 0 aliphatic carbocycles. The second-order valence-corrected chi connectivity index (χ2v) is 2.70. The normalized spacial score (nSPS) is 10.5. The highest BCUT2D eigenvalue weighted by molar-refractivity contribution is 5.86. The Labute approximate surface area is 73.6 Å². The Morgan fingerprint density at radius 1 is 1.62 bits per heavy atom. The summed E-state index contributed by atoms with van der Waals surface area (Å²) in [6.45, 7) is 1.83. The summed E-state index contributed by atoms with van der Waals surface area (Å²) in [5.41, 5.74) is 1.57. The van der Waals surface area contributed by atoms with Gasteiger partial charge in [0.2, 0.25) is 0 Å². The van der Waals surface area contributed by atoms with Crippen molar-refractivity contribution in [3.63, 3.8) is 0 Å². The molecule has 0 fully saturated rings. The molecule has 66 valence electrons. The van der Waals surface area contributed by atoms with Crippen molar-refractivity contribution in [2.45, 2.75) is 6.92 Å². The number of nitrogens with zero attached hydrogens (tertiary/aromatic N) is 3. The molecule has 0 saturated heterocycles. The van der Waals surface area contributed by atoms with E-state index in [0.717, 1.165) is 5.56 Å². The van der Waals surface area contributed by atoms with E-state index in [1.807, 2.05) is 6.92 Å². The van der Waals surface area contributed by atoms with Crippen molar-refractivity contribution in [3.05, 3.63) is 29.7 Å². The van der Waals surface area contributed by atoms with Gasteiger partial charge in [-0.15, -0.1) is 0 Å². The number of carbonyl (C=O) groups is 1. The lowest BCUT2D eigenvalue weighted by Crippen LogP contribution is -2.06. The molecule has 0 radical (unpaired) electrons. The van der Waals surface area contributed by atoms with Crippen LogP contribution in [0.5, 0.6) is 0 Å². The predicted molar refractivity (Wildman–Crippen MR) is 44.7 cm³/mol. The lowest BCUT2D eigenvalue weighted by Gasteiger charge is -1.97. The highest BCUT2D eigenvalue weighted by Gasteiger charge is 2.10. The maximum atomic E-state index is 10.7. The molecule has 5 heteroatoms.